The van der Waals surface area contributed by atoms with Crippen molar-refractivity contribution in [2.75, 3.05) is 19.7 Å². The highest BCUT2D eigenvalue weighted by atomic mass is 16.5. The molecule has 66 valence electrons. The minimum Gasteiger partial charge on any atom is -0.369 e. The molecule has 0 radical (unpaired) electrons. The van der Waals surface area contributed by atoms with Gasteiger partial charge in [-0.05, 0) is 13.0 Å². The summed E-state index contributed by atoms with van der Waals surface area (Å²) in [4.78, 5) is 0. The normalized spacial score (nSPS) is 24.2. The van der Waals surface area contributed by atoms with Crippen molar-refractivity contribution in [1.82, 2.24) is 15.5 Å². The van der Waals surface area contributed by atoms with Crippen molar-refractivity contribution in [3.63, 3.8) is 0 Å². The van der Waals surface area contributed by atoms with E-state index in [1.165, 1.54) is 0 Å². The van der Waals surface area contributed by atoms with Gasteiger partial charge in [-0.3, -0.25) is 5.10 Å². The molecule has 0 amide bonds. The van der Waals surface area contributed by atoms with Crippen LogP contribution in [-0.2, 0) is 4.74 Å². The summed E-state index contributed by atoms with van der Waals surface area (Å²) in [7, 11) is 0. The molecule has 4 nitrogen and oxygen atoms in total. The first-order chi connectivity index (χ1) is 5.86. The Balaban J connectivity index is 2.08. The van der Waals surface area contributed by atoms with Gasteiger partial charge in [0.25, 0.3) is 0 Å². The van der Waals surface area contributed by atoms with Crippen LogP contribution in [0.5, 0.6) is 0 Å². The van der Waals surface area contributed by atoms with Gasteiger partial charge < -0.3 is 10.1 Å². The molecule has 0 aliphatic carbocycles. The molecule has 1 fully saturated rings. The maximum Gasteiger partial charge on any atom is 0.114 e. The zero-order chi connectivity index (χ0) is 8.39. The molecular weight excluding hydrogens is 154 g/mol. The molecule has 0 unspecified atom stereocenters. The summed E-state index contributed by atoms with van der Waals surface area (Å²) in [5.41, 5.74) is 2.08. The van der Waals surface area contributed by atoms with Crippen molar-refractivity contribution in [3.05, 3.63) is 17.5 Å². The molecular formula is C8H13N3O. The Hall–Kier alpha value is -0.870. The van der Waals surface area contributed by atoms with Gasteiger partial charge in [-0.1, -0.05) is 0 Å². The SMILES string of the molecule is Cc1cc([C@@H]2CNCCO2)n[nH]1. The Bertz CT molecular complexity index is 253. The third kappa shape index (κ3) is 1.49. The van der Waals surface area contributed by atoms with Gasteiger partial charge >= 0.3 is 0 Å². The van der Waals surface area contributed by atoms with E-state index >= 15 is 0 Å². The first kappa shape index (κ1) is 7.76. The van der Waals surface area contributed by atoms with Crippen molar-refractivity contribution in [1.29, 1.82) is 0 Å². The summed E-state index contributed by atoms with van der Waals surface area (Å²) in [5, 5.41) is 10.3. The Morgan fingerprint density at radius 2 is 2.58 bits per heavy atom. The van der Waals surface area contributed by atoms with Gasteiger partial charge in [0.1, 0.15) is 6.10 Å². The average molecular weight is 167 g/mol. The maximum atomic E-state index is 5.53. The summed E-state index contributed by atoms with van der Waals surface area (Å²) < 4.78 is 5.53. The molecule has 1 aromatic rings. The monoisotopic (exact) mass is 167 g/mol. The van der Waals surface area contributed by atoms with Gasteiger partial charge in [0.05, 0.1) is 12.3 Å². The molecule has 2 N–H and O–H groups in total. The quantitative estimate of drug-likeness (QED) is 0.635. The van der Waals surface area contributed by atoms with Crippen molar-refractivity contribution in [2.45, 2.75) is 13.0 Å². The molecule has 1 aromatic heterocycles. The highest BCUT2D eigenvalue weighted by Crippen LogP contribution is 2.16. The van der Waals surface area contributed by atoms with Crippen LogP contribution in [0.3, 0.4) is 0 Å². The standard InChI is InChI=1S/C8H13N3O/c1-6-4-7(11-10-6)8-5-9-2-3-12-8/h4,8-9H,2-3,5H2,1H3,(H,10,11)/t8-/m0/s1. The van der Waals surface area contributed by atoms with Gasteiger partial charge in [0.2, 0.25) is 0 Å². The smallest absolute Gasteiger partial charge is 0.114 e. The lowest BCUT2D eigenvalue weighted by Gasteiger charge is -2.21. The van der Waals surface area contributed by atoms with Gasteiger partial charge in [0.15, 0.2) is 0 Å². The van der Waals surface area contributed by atoms with E-state index in [4.69, 9.17) is 4.74 Å². The summed E-state index contributed by atoms with van der Waals surface area (Å²) in [5.74, 6) is 0. The lowest BCUT2D eigenvalue weighted by molar-refractivity contribution is 0.0250. The molecule has 1 aliphatic heterocycles. The van der Waals surface area contributed by atoms with Gasteiger partial charge in [-0.15, -0.1) is 0 Å². The van der Waals surface area contributed by atoms with Gasteiger partial charge in [-0.2, -0.15) is 5.10 Å². The number of aromatic nitrogens is 2. The van der Waals surface area contributed by atoms with E-state index in [1.807, 2.05) is 13.0 Å². The number of rotatable bonds is 1. The molecule has 0 bridgehead atoms. The van der Waals surface area contributed by atoms with Gasteiger partial charge in [0, 0.05) is 18.8 Å². The molecule has 12 heavy (non-hydrogen) atoms. The number of aryl methyl sites for hydroxylation is 1. The highest BCUT2D eigenvalue weighted by Gasteiger charge is 2.17. The Kier molecular flexibility index (Phi) is 2.10. The van der Waals surface area contributed by atoms with Crippen LogP contribution in [0.2, 0.25) is 0 Å². The topological polar surface area (TPSA) is 49.9 Å². The minimum atomic E-state index is 0.128. The molecule has 1 aliphatic rings. The molecule has 0 saturated carbocycles. The van der Waals surface area contributed by atoms with Gasteiger partial charge in [-0.25, -0.2) is 0 Å². The Morgan fingerprint density at radius 1 is 1.67 bits per heavy atom. The predicted octanol–water partition coefficient (Wildman–Crippen LogP) is 0.379. The predicted molar refractivity (Wildman–Crippen MR) is 44.9 cm³/mol. The van der Waals surface area contributed by atoms with Crippen molar-refractivity contribution in [2.24, 2.45) is 0 Å². The maximum absolute atomic E-state index is 5.53. The van der Waals surface area contributed by atoms with Crippen LogP contribution < -0.4 is 5.32 Å². The molecule has 0 aromatic carbocycles. The number of H-pyrrole nitrogens is 1. The van der Waals surface area contributed by atoms with E-state index in [-0.39, 0.29) is 6.10 Å². The second-order valence-corrected chi connectivity index (χ2v) is 3.04. The van der Waals surface area contributed by atoms with Crippen molar-refractivity contribution < 1.29 is 4.74 Å². The van der Waals surface area contributed by atoms with Crippen LogP contribution in [-0.4, -0.2) is 29.9 Å². The lowest BCUT2D eigenvalue weighted by Crippen LogP contribution is -2.33. The number of morpholine rings is 1. The second-order valence-electron chi connectivity index (χ2n) is 3.04. The molecule has 4 heteroatoms. The minimum absolute atomic E-state index is 0.128. The fourth-order valence-corrected chi connectivity index (χ4v) is 1.36. The van der Waals surface area contributed by atoms with Crippen LogP contribution in [0.25, 0.3) is 0 Å². The third-order valence-electron chi connectivity index (χ3n) is 1.98. The third-order valence-corrected chi connectivity index (χ3v) is 1.98. The van der Waals surface area contributed by atoms with Crippen molar-refractivity contribution in [3.8, 4) is 0 Å². The summed E-state index contributed by atoms with van der Waals surface area (Å²) in [6.07, 6.45) is 0.128. The fraction of sp³-hybridized carbons (Fsp3) is 0.625. The first-order valence-corrected chi connectivity index (χ1v) is 4.20. The summed E-state index contributed by atoms with van der Waals surface area (Å²) in [6, 6.07) is 2.03. The van der Waals surface area contributed by atoms with E-state index in [2.05, 4.69) is 15.5 Å². The lowest BCUT2D eigenvalue weighted by atomic mass is 10.2. The van der Waals surface area contributed by atoms with Crippen LogP contribution in [0, 0.1) is 6.92 Å². The van der Waals surface area contributed by atoms with Crippen LogP contribution >= 0.6 is 0 Å². The summed E-state index contributed by atoms with van der Waals surface area (Å²) >= 11 is 0. The number of ether oxygens (including phenoxy) is 1. The molecule has 0 spiro atoms. The first-order valence-electron chi connectivity index (χ1n) is 4.20. The fourth-order valence-electron chi connectivity index (χ4n) is 1.36. The van der Waals surface area contributed by atoms with Crippen LogP contribution in [0.4, 0.5) is 0 Å². The number of nitrogens with one attached hydrogen (secondary N) is 2. The molecule has 2 rings (SSSR count). The Labute approximate surface area is 71.3 Å². The number of hydrogen-bond donors (Lipinski definition) is 2. The zero-order valence-electron chi connectivity index (χ0n) is 7.13. The molecule has 1 atom stereocenters. The second kappa shape index (κ2) is 3.25. The number of nitrogens with zero attached hydrogens (tertiary/aromatic N) is 1. The number of hydrogen-bond acceptors (Lipinski definition) is 3. The van der Waals surface area contributed by atoms with Crippen LogP contribution in [0.15, 0.2) is 6.07 Å². The average Bonchev–Trinajstić information content (AvgIpc) is 2.54. The van der Waals surface area contributed by atoms with E-state index in [9.17, 15) is 0 Å². The Morgan fingerprint density at radius 3 is 3.17 bits per heavy atom. The van der Waals surface area contributed by atoms with Crippen LogP contribution in [0.1, 0.15) is 17.5 Å². The van der Waals surface area contributed by atoms with E-state index in [0.29, 0.717) is 0 Å². The number of aromatic amines is 1. The largest absolute Gasteiger partial charge is 0.369 e. The zero-order valence-corrected chi connectivity index (χ0v) is 7.13. The molecule has 1 saturated heterocycles. The summed E-state index contributed by atoms with van der Waals surface area (Å²) in [6.45, 7) is 4.58. The van der Waals surface area contributed by atoms with Crippen molar-refractivity contribution >= 4 is 0 Å². The van der Waals surface area contributed by atoms with E-state index in [0.717, 1.165) is 31.1 Å². The highest BCUT2D eigenvalue weighted by molar-refractivity contribution is 5.10. The van der Waals surface area contributed by atoms with E-state index in [1.54, 1.807) is 0 Å². The molecule has 2 heterocycles. The van der Waals surface area contributed by atoms with E-state index < -0.39 is 0 Å².